The van der Waals surface area contributed by atoms with E-state index in [1.54, 1.807) is 13.0 Å². The molecule has 0 aliphatic heterocycles. The van der Waals surface area contributed by atoms with E-state index in [0.717, 1.165) is 17.2 Å². The molecule has 0 fully saturated rings. The van der Waals surface area contributed by atoms with Crippen LogP contribution in [0.25, 0.3) is 6.08 Å². The number of nitrogens with one attached hydrogen (secondary N) is 1. The molecule has 0 aliphatic carbocycles. The van der Waals surface area contributed by atoms with Crippen molar-refractivity contribution in [2.75, 3.05) is 0 Å². The van der Waals surface area contributed by atoms with Crippen molar-refractivity contribution >= 4 is 12.0 Å². The number of hydrogen-bond acceptors (Lipinski definition) is 1. The van der Waals surface area contributed by atoms with Crippen molar-refractivity contribution in [3.63, 3.8) is 0 Å². The number of carbonyl (C=O) groups excluding carboxylic acids is 1. The largest absolute Gasteiger partial charge is 0.346 e. The second-order valence-corrected chi connectivity index (χ2v) is 5.14. The van der Waals surface area contributed by atoms with Crippen LogP contribution in [0, 0.1) is 18.6 Å². The Morgan fingerprint density at radius 2 is 1.95 bits per heavy atom. The minimum atomic E-state index is -0.671. The second kappa shape index (κ2) is 6.98. The van der Waals surface area contributed by atoms with Gasteiger partial charge in [-0.25, -0.2) is 8.78 Å². The molecule has 0 heterocycles. The predicted octanol–water partition coefficient (Wildman–Crippen LogP) is 4.16. The van der Waals surface area contributed by atoms with Gasteiger partial charge in [0.05, 0.1) is 6.04 Å². The maximum absolute atomic E-state index is 13.6. The van der Waals surface area contributed by atoms with Crippen molar-refractivity contribution in [2.45, 2.75) is 19.9 Å². The maximum Gasteiger partial charge on any atom is 0.244 e. The van der Waals surface area contributed by atoms with Crippen molar-refractivity contribution in [2.24, 2.45) is 0 Å². The van der Waals surface area contributed by atoms with Crippen LogP contribution in [-0.4, -0.2) is 5.91 Å². The third-order valence-electron chi connectivity index (χ3n) is 3.26. The van der Waals surface area contributed by atoms with Crippen molar-refractivity contribution in [3.8, 4) is 0 Å². The summed E-state index contributed by atoms with van der Waals surface area (Å²) in [7, 11) is 0. The van der Waals surface area contributed by atoms with Crippen molar-refractivity contribution < 1.29 is 13.6 Å². The molecule has 0 saturated carbocycles. The quantitative estimate of drug-likeness (QED) is 0.844. The minimum Gasteiger partial charge on any atom is -0.346 e. The number of rotatable bonds is 4. The van der Waals surface area contributed by atoms with Crippen molar-refractivity contribution in [1.82, 2.24) is 5.32 Å². The first-order valence-corrected chi connectivity index (χ1v) is 6.96. The first-order valence-electron chi connectivity index (χ1n) is 6.96. The van der Waals surface area contributed by atoms with Crippen LogP contribution < -0.4 is 5.32 Å². The summed E-state index contributed by atoms with van der Waals surface area (Å²) in [5.41, 5.74) is 2.26. The molecule has 1 N–H and O–H groups in total. The van der Waals surface area contributed by atoms with Crippen LogP contribution >= 0.6 is 0 Å². The van der Waals surface area contributed by atoms with Crippen LogP contribution in [0.15, 0.2) is 48.5 Å². The average Bonchev–Trinajstić information content (AvgIpc) is 2.45. The molecule has 2 aromatic rings. The summed E-state index contributed by atoms with van der Waals surface area (Å²) >= 11 is 0. The molecule has 0 aromatic heterocycles. The van der Waals surface area contributed by atoms with Gasteiger partial charge in [0.15, 0.2) is 0 Å². The molecule has 0 radical (unpaired) electrons. The molecule has 22 heavy (non-hydrogen) atoms. The number of hydrogen-bond donors (Lipinski definition) is 1. The van der Waals surface area contributed by atoms with Crippen LogP contribution in [0.5, 0.6) is 0 Å². The summed E-state index contributed by atoms with van der Waals surface area (Å²) < 4.78 is 26.5. The molecular formula is C18H17F2NO. The highest BCUT2D eigenvalue weighted by molar-refractivity contribution is 5.92. The molecular weight excluding hydrogens is 284 g/mol. The van der Waals surface area contributed by atoms with Crippen LogP contribution in [0.4, 0.5) is 8.78 Å². The monoisotopic (exact) mass is 301 g/mol. The van der Waals surface area contributed by atoms with Crippen molar-refractivity contribution in [1.29, 1.82) is 0 Å². The molecule has 0 unspecified atom stereocenters. The summed E-state index contributed by atoms with van der Waals surface area (Å²) in [5, 5.41) is 2.65. The van der Waals surface area contributed by atoms with E-state index in [1.807, 2.05) is 31.2 Å². The number of halogens is 2. The smallest absolute Gasteiger partial charge is 0.244 e. The van der Waals surface area contributed by atoms with Gasteiger partial charge >= 0.3 is 0 Å². The lowest BCUT2D eigenvalue weighted by molar-refractivity contribution is -0.117. The Bertz CT molecular complexity index is 710. The summed E-state index contributed by atoms with van der Waals surface area (Å²) in [6, 6.07) is 10.5. The number of carbonyl (C=O) groups is 1. The third kappa shape index (κ3) is 4.25. The molecule has 2 aromatic carbocycles. The van der Waals surface area contributed by atoms with Crippen LogP contribution in [0.3, 0.4) is 0 Å². The molecule has 0 aliphatic rings. The Kier molecular flexibility index (Phi) is 5.04. The Hall–Kier alpha value is -2.49. The maximum atomic E-state index is 13.6. The normalized spacial score (nSPS) is 12.4. The average molecular weight is 301 g/mol. The molecule has 0 spiro atoms. The van der Waals surface area contributed by atoms with E-state index < -0.39 is 17.7 Å². The fourth-order valence-electron chi connectivity index (χ4n) is 2.14. The number of benzene rings is 2. The topological polar surface area (TPSA) is 29.1 Å². The summed E-state index contributed by atoms with van der Waals surface area (Å²) in [4.78, 5) is 11.9. The van der Waals surface area contributed by atoms with Crippen LogP contribution in [0.2, 0.25) is 0 Å². The summed E-state index contributed by atoms with van der Waals surface area (Å²) in [6.45, 7) is 3.62. The third-order valence-corrected chi connectivity index (χ3v) is 3.26. The highest BCUT2D eigenvalue weighted by Crippen LogP contribution is 2.17. The molecule has 2 nitrogen and oxygen atoms in total. The zero-order chi connectivity index (χ0) is 16.1. The van der Waals surface area contributed by atoms with Gasteiger partial charge in [0.25, 0.3) is 0 Å². The van der Waals surface area contributed by atoms with Gasteiger partial charge in [0.2, 0.25) is 5.91 Å². The molecule has 114 valence electrons. The first-order chi connectivity index (χ1) is 10.5. The molecule has 1 amide bonds. The van der Waals surface area contributed by atoms with E-state index in [4.69, 9.17) is 0 Å². The standard InChI is InChI=1S/C18H17F2NO/c1-12-4-3-5-14(10-12)6-9-18(22)21-13(2)16-8-7-15(19)11-17(16)20/h3-11,13H,1-2H3,(H,21,22)/b9-6+/t13-/m0/s1. The van der Waals surface area contributed by atoms with E-state index in [2.05, 4.69) is 5.32 Å². The van der Waals surface area contributed by atoms with E-state index >= 15 is 0 Å². The lowest BCUT2D eigenvalue weighted by Crippen LogP contribution is -2.25. The summed E-state index contributed by atoms with van der Waals surface area (Å²) in [5.74, 6) is -1.65. The minimum absolute atomic E-state index is 0.249. The van der Waals surface area contributed by atoms with Gasteiger partial charge in [0, 0.05) is 17.7 Å². The molecule has 0 bridgehead atoms. The SMILES string of the molecule is Cc1cccc(/C=C/C(=O)N[C@@H](C)c2ccc(F)cc2F)c1. The number of aryl methyl sites for hydroxylation is 1. The van der Waals surface area contributed by atoms with Crippen LogP contribution in [0.1, 0.15) is 29.7 Å². The van der Waals surface area contributed by atoms with Gasteiger partial charge in [-0.15, -0.1) is 0 Å². The fourth-order valence-corrected chi connectivity index (χ4v) is 2.14. The second-order valence-electron chi connectivity index (χ2n) is 5.14. The van der Waals surface area contributed by atoms with Gasteiger partial charge in [0.1, 0.15) is 11.6 Å². The highest BCUT2D eigenvalue weighted by atomic mass is 19.1. The van der Waals surface area contributed by atoms with Gasteiger partial charge in [-0.3, -0.25) is 4.79 Å². The van der Waals surface area contributed by atoms with Gasteiger partial charge in [-0.05, 0) is 31.6 Å². The predicted molar refractivity (Wildman–Crippen MR) is 83.1 cm³/mol. The zero-order valence-electron chi connectivity index (χ0n) is 12.4. The Morgan fingerprint density at radius 1 is 1.18 bits per heavy atom. The fraction of sp³-hybridized carbons (Fsp3) is 0.167. The zero-order valence-corrected chi connectivity index (χ0v) is 12.4. The van der Waals surface area contributed by atoms with Gasteiger partial charge in [-0.1, -0.05) is 35.9 Å². The van der Waals surface area contributed by atoms with Gasteiger partial charge in [-0.2, -0.15) is 0 Å². The highest BCUT2D eigenvalue weighted by Gasteiger charge is 2.12. The van der Waals surface area contributed by atoms with E-state index in [1.165, 1.54) is 18.2 Å². The molecule has 0 saturated heterocycles. The van der Waals surface area contributed by atoms with Crippen LogP contribution in [-0.2, 0) is 4.79 Å². The first kappa shape index (κ1) is 15.9. The van der Waals surface area contributed by atoms with E-state index in [9.17, 15) is 13.6 Å². The summed E-state index contributed by atoms with van der Waals surface area (Å²) in [6.07, 6.45) is 3.09. The van der Waals surface area contributed by atoms with Crippen molar-refractivity contribution in [3.05, 3.63) is 76.9 Å². The Labute approximate surface area is 128 Å². The Morgan fingerprint density at radius 3 is 2.64 bits per heavy atom. The van der Waals surface area contributed by atoms with E-state index in [0.29, 0.717) is 0 Å². The lowest BCUT2D eigenvalue weighted by Gasteiger charge is -2.13. The molecule has 2 rings (SSSR count). The molecule has 1 atom stereocenters. The number of amides is 1. The molecule has 4 heteroatoms. The van der Waals surface area contributed by atoms with E-state index in [-0.39, 0.29) is 11.5 Å². The lowest BCUT2D eigenvalue weighted by atomic mass is 10.1. The van der Waals surface area contributed by atoms with Gasteiger partial charge < -0.3 is 5.32 Å². The Balaban J connectivity index is 2.02.